The summed E-state index contributed by atoms with van der Waals surface area (Å²) >= 11 is 0. The van der Waals surface area contributed by atoms with Gasteiger partial charge in [-0.3, -0.25) is 0 Å². The predicted octanol–water partition coefficient (Wildman–Crippen LogP) is 2.98. The van der Waals surface area contributed by atoms with Crippen molar-refractivity contribution in [3.8, 4) is 0 Å². The predicted molar refractivity (Wildman–Crippen MR) is 62.8 cm³/mol. The van der Waals surface area contributed by atoms with Gasteiger partial charge < -0.3 is 0 Å². The van der Waals surface area contributed by atoms with Gasteiger partial charge in [-0.15, -0.1) is 5.10 Å². The molecule has 0 saturated heterocycles. The van der Waals surface area contributed by atoms with Crippen LogP contribution in [0.15, 0.2) is 0 Å². The third-order valence-electron chi connectivity index (χ3n) is 2.45. The van der Waals surface area contributed by atoms with Crippen LogP contribution in [0.5, 0.6) is 0 Å². The van der Waals surface area contributed by atoms with Crippen molar-refractivity contribution in [2.24, 2.45) is 5.41 Å². The Morgan fingerprint density at radius 3 is 2.47 bits per heavy atom. The molecule has 0 N–H and O–H groups in total. The van der Waals surface area contributed by atoms with Crippen molar-refractivity contribution in [2.75, 3.05) is 0 Å². The summed E-state index contributed by atoms with van der Waals surface area (Å²) in [4.78, 5) is 0. The summed E-state index contributed by atoms with van der Waals surface area (Å²) in [7, 11) is 0. The van der Waals surface area contributed by atoms with Crippen molar-refractivity contribution < 1.29 is 0 Å². The van der Waals surface area contributed by atoms with E-state index in [9.17, 15) is 0 Å². The number of rotatable bonds is 4. The number of hydrogen-bond acceptors (Lipinski definition) is 2. The first-order valence-electron chi connectivity index (χ1n) is 5.83. The summed E-state index contributed by atoms with van der Waals surface area (Å²) < 4.78 is 2.07. The van der Waals surface area contributed by atoms with E-state index in [1.54, 1.807) is 0 Å². The number of aromatic nitrogens is 3. The van der Waals surface area contributed by atoms with Crippen molar-refractivity contribution >= 4 is 0 Å². The van der Waals surface area contributed by atoms with E-state index >= 15 is 0 Å². The highest BCUT2D eigenvalue weighted by atomic mass is 15.4. The molecule has 3 nitrogen and oxygen atoms in total. The van der Waals surface area contributed by atoms with Gasteiger partial charge in [-0.1, -0.05) is 39.3 Å². The smallest absolute Gasteiger partial charge is 0.0828 e. The Labute approximate surface area is 92.9 Å². The zero-order valence-corrected chi connectivity index (χ0v) is 10.7. The third kappa shape index (κ3) is 3.65. The van der Waals surface area contributed by atoms with Crippen molar-refractivity contribution in [1.29, 1.82) is 0 Å². The van der Waals surface area contributed by atoms with Gasteiger partial charge in [-0.05, 0) is 25.2 Å². The minimum Gasteiger partial charge on any atom is -0.249 e. The van der Waals surface area contributed by atoms with E-state index in [0.29, 0.717) is 5.41 Å². The van der Waals surface area contributed by atoms with E-state index in [0.717, 1.165) is 18.7 Å². The maximum Gasteiger partial charge on any atom is 0.0828 e. The second-order valence-electron chi connectivity index (χ2n) is 5.44. The van der Waals surface area contributed by atoms with Crippen LogP contribution in [0.2, 0.25) is 0 Å². The molecule has 1 heterocycles. The first-order chi connectivity index (χ1) is 6.94. The highest BCUT2D eigenvalue weighted by Crippen LogP contribution is 2.21. The van der Waals surface area contributed by atoms with Crippen LogP contribution in [0.4, 0.5) is 0 Å². The molecule has 1 aromatic rings. The Balaban J connectivity index is 2.80. The van der Waals surface area contributed by atoms with Crippen molar-refractivity contribution in [3.63, 3.8) is 0 Å². The van der Waals surface area contributed by atoms with E-state index in [4.69, 9.17) is 0 Å². The average Bonchev–Trinajstić information content (AvgIpc) is 2.43. The molecule has 86 valence electrons. The SMILES string of the molecule is CCCCn1nnc(C)c1CC(C)(C)C. The quantitative estimate of drug-likeness (QED) is 0.763. The molecule has 1 aromatic heterocycles. The van der Waals surface area contributed by atoms with E-state index in [1.807, 2.05) is 0 Å². The number of unbranched alkanes of at least 4 members (excludes halogenated alkanes) is 1. The van der Waals surface area contributed by atoms with Gasteiger partial charge in [0.15, 0.2) is 0 Å². The van der Waals surface area contributed by atoms with E-state index in [1.165, 1.54) is 18.5 Å². The highest BCUT2D eigenvalue weighted by molar-refractivity contribution is 5.09. The molecule has 0 unspecified atom stereocenters. The highest BCUT2D eigenvalue weighted by Gasteiger charge is 2.17. The summed E-state index contributed by atoms with van der Waals surface area (Å²) in [5, 5.41) is 8.37. The summed E-state index contributed by atoms with van der Waals surface area (Å²) in [5.74, 6) is 0. The van der Waals surface area contributed by atoms with Crippen LogP contribution in [0.25, 0.3) is 0 Å². The Morgan fingerprint density at radius 2 is 1.93 bits per heavy atom. The van der Waals surface area contributed by atoms with E-state index in [-0.39, 0.29) is 0 Å². The van der Waals surface area contributed by atoms with Gasteiger partial charge in [0.2, 0.25) is 0 Å². The monoisotopic (exact) mass is 209 g/mol. The van der Waals surface area contributed by atoms with Gasteiger partial charge in [-0.2, -0.15) is 0 Å². The fourth-order valence-electron chi connectivity index (χ4n) is 1.63. The summed E-state index contributed by atoms with van der Waals surface area (Å²) in [6, 6.07) is 0. The van der Waals surface area contributed by atoms with Crippen LogP contribution < -0.4 is 0 Å². The zero-order valence-electron chi connectivity index (χ0n) is 10.7. The van der Waals surface area contributed by atoms with Crippen LogP contribution >= 0.6 is 0 Å². The molecule has 1 rings (SSSR count). The summed E-state index contributed by atoms with van der Waals surface area (Å²) in [5.41, 5.74) is 2.69. The molecule has 0 spiro atoms. The molecule has 0 saturated carbocycles. The number of nitrogens with zero attached hydrogens (tertiary/aromatic N) is 3. The second kappa shape index (κ2) is 4.77. The Morgan fingerprint density at radius 1 is 1.27 bits per heavy atom. The maximum absolute atomic E-state index is 4.20. The molecule has 0 aliphatic heterocycles. The topological polar surface area (TPSA) is 30.7 Å². The molecule has 15 heavy (non-hydrogen) atoms. The van der Waals surface area contributed by atoms with Gasteiger partial charge in [0.1, 0.15) is 0 Å². The molecule has 0 aliphatic rings. The van der Waals surface area contributed by atoms with Crippen molar-refractivity contribution in [3.05, 3.63) is 11.4 Å². The van der Waals surface area contributed by atoms with Crippen LogP contribution in [0.3, 0.4) is 0 Å². The molecule has 0 atom stereocenters. The Bertz CT molecular complexity index is 307. The van der Waals surface area contributed by atoms with Gasteiger partial charge >= 0.3 is 0 Å². The first-order valence-corrected chi connectivity index (χ1v) is 5.83. The van der Waals surface area contributed by atoms with Crippen LogP contribution in [-0.2, 0) is 13.0 Å². The maximum atomic E-state index is 4.20. The van der Waals surface area contributed by atoms with Gasteiger partial charge in [-0.25, -0.2) is 4.68 Å². The molecule has 0 fully saturated rings. The summed E-state index contributed by atoms with van der Waals surface area (Å²) in [6.45, 7) is 12.0. The van der Waals surface area contributed by atoms with Crippen molar-refractivity contribution in [1.82, 2.24) is 15.0 Å². The molecule has 0 aromatic carbocycles. The van der Waals surface area contributed by atoms with Crippen molar-refractivity contribution in [2.45, 2.75) is 60.4 Å². The molecule has 3 heteroatoms. The Hall–Kier alpha value is -0.860. The average molecular weight is 209 g/mol. The lowest BCUT2D eigenvalue weighted by Gasteiger charge is -2.18. The third-order valence-corrected chi connectivity index (χ3v) is 2.45. The zero-order chi connectivity index (χ0) is 11.5. The molecule has 0 amide bonds. The number of hydrogen-bond donors (Lipinski definition) is 0. The molecule has 0 radical (unpaired) electrons. The Kier molecular flexibility index (Phi) is 3.89. The van der Waals surface area contributed by atoms with E-state index in [2.05, 4.69) is 49.6 Å². The molecular weight excluding hydrogens is 186 g/mol. The van der Waals surface area contributed by atoms with Gasteiger partial charge in [0.25, 0.3) is 0 Å². The fraction of sp³-hybridized carbons (Fsp3) is 0.833. The standard InChI is InChI=1S/C12H23N3/c1-6-7-8-15-11(9-12(3,4)5)10(2)13-14-15/h6-9H2,1-5H3. The van der Waals surface area contributed by atoms with Gasteiger partial charge in [0, 0.05) is 6.54 Å². The molecule has 0 aliphatic carbocycles. The first kappa shape index (κ1) is 12.2. The fourth-order valence-corrected chi connectivity index (χ4v) is 1.63. The normalized spacial score (nSPS) is 12.1. The van der Waals surface area contributed by atoms with Crippen LogP contribution in [0.1, 0.15) is 51.9 Å². The second-order valence-corrected chi connectivity index (χ2v) is 5.44. The lowest BCUT2D eigenvalue weighted by Crippen LogP contribution is -2.15. The number of aryl methyl sites for hydroxylation is 2. The van der Waals surface area contributed by atoms with Crippen LogP contribution in [-0.4, -0.2) is 15.0 Å². The van der Waals surface area contributed by atoms with Gasteiger partial charge in [0.05, 0.1) is 11.4 Å². The lowest BCUT2D eigenvalue weighted by molar-refractivity contribution is 0.388. The molecular formula is C12H23N3. The summed E-state index contributed by atoms with van der Waals surface area (Å²) in [6.07, 6.45) is 3.43. The largest absolute Gasteiger partial charge is 0.249 e. The minimum atomic E-state index is 0.302. The van der Waals surface area contributed by atoms with E-state index < -0.39 is 0 Å². The minimum absolute atomic E-state index is 0.302. The van der Waals surface area contributed by atoms with Crippen LogP contribution in [0, 0.1) is 12.3 Å². The molecule has 0 bridgehead atoms. The lowest BCUT2D eigenvalue weighted by atomic mass is 9.90.